The van der Waals surface area contributed by atoms with Crippen molar-refractivity contribution in [2.24, 2.45) is 19.1 Å². The molecule has 27 heavy (non-hydrogen) atoms. The lowest BCUT2D eigenvalue weighted by atomic mass is 9.96. The van der Waals surface area contributed by atoms with Gasteiger partial charge in [0.1, 0.15) is 6.04 Å². The van der Waals surface area contributed by atoms with Crippen LogP contribution >= 0.6 is 11.8 Å². The molecule has 0 N–H and O–H groups in total. The van der Waals surface area contributed by atoms with Crippen LogP contribution in [0.4, 0.5) is 0 Å². The Labute approximate surface area is 161 Å². The lowest BCUT2D eigenvalue weighted by molar-refractivity contribution is 0.321. The van der Waals surface area contributed by atoms with Gasteiger partial charge in [-0.15, -0.1) is 0 Å². The summed E-state index contributed by atoms with van der Waals surface area (Å²) in [7, 11) is 3.64. The smallest absolute Gasteiger partial charge is 0.328 e. The van der Waals surface area contributed by atoms with E-state index in [4.69, 9.17) is 4.99 Å². The average molecular weight is 379 g/mol. The van der Waals surface area contributed by atoms with Crippen molar-refractivity contribution in [3.63, 3.8) is 0 Å². The molecular weight excluding hydrogens is 358 g/mol. The topological polar surface area (TPSA) is 55.4 Å². The van der Waals surface area contributed by atoms with Crippen LogP contribution < -0.4 is 5.69 Å². The van der Waals surface area contributed by atoms with Crippen LogP contribution in [0.3, 0.4) is 0 Å². The van der Waals surface area contributed by atoms with Crippen LogP contribution in [0.15, 0.2) is 52.4 Å². The molecule has 4 heterocycles. The fourth-order valence-electron chi connectivity index (χ4n) is 4.19. The normalized spacial score (nSPS) is 24.5. The van der Waals surface area contributed by atoms with Crippen molar-refractivity contribution in [1.29, 1.82) is 0 Å². The number of imidazole rings is 1. The van der Waals surface area contributed by atoms with Crippen LogP contribution in [-0.2, 0) is 14.1 Å². The maximum Gasteiger partial charge on any atom is 0.328 e. The lowest BCUT2D eigenvalue weighted by Gasteiger charge is -2.27. The van der Waals surface area contributed by atoms with Gasteiger partial charge in [-0.2, -0.15) is 0 Å². The third kappa shape index (κ3) is 2.45. The van der Waals surface area contributed by atoms with Gasteiger partial charge in [0, 0.05) is 32.1 Å². The number of pyridine rings is 1. The highest BCUT2D eigenvalue weighted by Gasteiger charge is 2.43. The second kappa shape index (κ2) is 5.99. The first-order valence-corrected chi connectivity index (χ1v) is 10.00. The molecule has 0 amide bonds. The predicted molar refractivity (Wildman–Crippen MR) is 109 cm³/mol. The van der Waals surface area contributed by atoms with Crippen LogP contribution in [0.25, 0.3) is 11.0 Å². The van der Waals surface area contributed by atoms with Gasteiger partial charge >= 0.3 is 5.69 Å². The molecule has 1 fully saturated rings. The second-order valence-electron chi connectivity index (χ2n) is 7.29. The summed E-state index contributed by atoms with van der Waals surface area (Å²) in [5.74, 6) is 0. The molecule has 1 aromatic carbocycles. The van der Waals surface area contributed by atoms with Crippen LogP contribution in [0.5, 0.6) is 0 Å². The van der Waals surface area contributed by atoms with E-state index in [1.165, 1.54) is 5.56 Å². The zero-order valence-corrected chi connectivity index (χ0v) is 16.3. The van der Waals surface area contributed by atoms with E-state index in [0.29, 0.717) is 5.25 Å². The van der Waals surface area contributed by atoms with E-state index in [-0.39, 0.29) is 17.8 Å². The summed E-state index contributed by atoms with van der Waals surface area (Å²) in [6, 6.07) is 12.4. The molecule has 2 aliphatic heterocycles. The third-order valence-corrected chi connectivity index (χ3v) is 6.62. The molecule has 0 radical (unpaired) electrons. The van der Waals surface area contributed by atoms with Gasteiger partial charge in [-0.3, -0.25) is 19.1 Å². The minimum Gasteiger partial charge on any atom is -0.341 e. The Morgan fingerprint density at radius 3 is 2.70 bits per heavy atom. The van der Waals surface area contributed by atoms with Gasteiger partial charge in [0.05, 0.1) is 22.8 Å². The van der Waals surface area contributed by atoms with Crippen molar-refractivity contribution >= 4 is 28.0 Å². The van der Waals surface area contributed by atoms with Crippen molar-refractivity contribution in [2.45, 2.75) is 24.3 Å². The van der Waals surface area contributed by atoms with Gasteiger partial charge < -0.3 is 4.90 Å². The summed E-state index contributed by atoms with van der Waals surface area (Å²) >= 11 is 1.84. The second-order valence-corrected chi connectivity index (χ2v) is 8.69. The molecule has 0 spiro atoms. The van der Waals surface area contributed by atoms with Gasteiger partial charge in [-0.05, 0) is 29.8 Å². The zero-order valence-electron chi connectivity index (χ0n) is 15.5. The first kappa shape index (κ1) is 16.6. The van der Waals surface area contributed by atoms with Gasteiger partial charge in [0.2, 0.25) is 0 Å². The Bertz CT molecular complexity index is 1120. The number of hydrogen-bond acceptors (Lipinski definition) is 5. The minimum atomic E-state index is -0.0283. The molecule has 1 saturated heterocycles. The summed E-state index contributed by atoms with van der Waals surface area (Å²) in [5.41, 5.74) is 4.06. The number of thioether (sulfide) groups is 1. The molecule has 3 atom stereocenters. The monoisotopic (exact) mass is 379 g/mol. The first-order chi connectivity index (χ1) is 13.0. The van der Waals surface area contributed by atoms with E-state index in [1.807, 2.05) is 50.3 Å². The summed E-state index contributed by atoms with van der Waals surface area (Å²) in [4.78, 5) is 24.3. The molecule has 6 nitrogen and oxygen atoms in total. The van der Waals surface area contributed by atoms with Crippen molar-refractivity contribution < 1.29 is 0 Å². The van der Waals surface area contributed by atoms with Crippen LogP contribution in [0.2, 0.25) is 0 Å². The zero-order chi connectivity index (χ0) is 18.7. The molecular formula is C20H21N5OS. The van der Waals surface area contributed by atoms with Gasteiger partial charge in [0.25, 0.3) is 0 Å². The summed E-state index contributed by atoms with van der Waals surface area (Å²) in [5, 5.41) is 1.63. The number of benzene rings is 1. The predicted octanol–water partition coefficient (Wildman–Crippen LogP) is 2.86. The Balaban J connectivity index is 1.66. The van der Waals surface area contributed by atoms with E-state index < -0.39 is 0 Å². The van der Waals surface area contributed by atoms with E-state index in [2.05, 4.69) is 35.0 Å². The maximum atomic E-state index is 12.3. The largest absolute Gasteiger partial charge is 0.341 e. The van der Waals surface area contributed by atoms with Gasteiger partial charge in [-0.25, -0.2) is 4.79 Å². The summed E-state index contributed by atoms with van der Waals surface area (Å²) < 4.78 is 3.41. The first-order valence-electron chi connectivity index (χ1n) is 9.12. The van der Waals surface area contributed by atoms with Crippen LogP contribution in [0.1, 0.15) is 30.3 Å². The van der Waals surface area contributed by atoms with E-state index in [1.54, 1.807) is 9.13 Å². The Morgan fingerprint density at radius 2 is 1.93 bits per heavy atom. The number of nitrogens with zero attached hydrogens (tertiary/aromatic N) is 5. The summed E-state index contributed by atoms with van der Waals surface area (Å²) in [6.45, 7) is 3.21. The molecule has 138 valence electrons. The minimum absolute atomic E-state index is 0.00265. The quantitative estimate of drug-likeness (QED) is 0.687. The molecule has 0 unspecified atom stereocenters. The van der Waals surface area contributed by atoms with E-state index in [0.717, 1.165) is 28.4 Å². The number of fused-ring (bicyclic) bond motifs is 2. The highest BCUT2D eigenvalue weighted by Crippen LogP contribution is 2.47. The maximum absolute atomic E-state index is 12.3. The standard InChI is InChI=1S/C20H21N5OS/c1-12-11-25-18(17(22-19(25)27-12)14-6-4-5-9-21-14)13-7-8-15-16(10-13)24(3)20(26)23(15)2/h4-10,12,17-18H,11H2,1-3H3/t12-,17-,18-/m1/s1. The number of aromatic nitrogens is 3. The fraction of sp³-hybridized carbons (Fsp3) is 0.350. The molecule has 7 heteroatoms. The molecule has 5 rings (SSSR count). The van der Waals surface area contributed by atoms with Crippen molar-refractivity contribution in [3.8, 4) is 0 Å². The number of hydrogen-bond donors (Lipinski definition) is 0. The lowest BCUT2D eigenvalue weighted by Crippen LogP contribution is -2.28. The SMILES string of the molecule is C[C@@H]1CN2C(=N[C@H](c3ccccn3)[C@H]2c2ccc3c(c2)n(C)c(=O)n3C)S1. The number of rotatable bonds is 2. The third-order valence-electron chi connectivity index (χ3n) is 5.52. The molecule has 0 saturated carbocycles. The van der Waals surface area contributed by atoms with E-state index in [9.17, 15) is 4.79 Å². The molecule has 3 aromatic rings. The van der Waals surface area contributed by atoms with Crippen LogP contribution in [0, 0.1) is 0 Å². The average Bonchev–Trinajstić information content (AvgIpc) is 3.28. The van der Waals surface area contributed by atoms with Crippen molar-refractivity contribution in [3.05, 3.63) is 64.3 Å². The van der Waals surface area contributed by atoms with Crippen LogP contribution in [-0.4, -0.2) is 36.0 Å². The van der Waals surface area contributed by atoms with Crippen molar-refractivity contribution in [1.82, 2.24) is 19.0 Å². The Hall–Kier alpha value is -2.54. The van der Waals surface area contributed by atoms with E-state index >= 15 is 0 Å². The number of aliphatic imine (C=N–C) groups is 1. The number of amidine groups is 1. The Morgan fingerprint density at radius 1 is 1.11 bits per heavy atom. The fourth-order valence-corrected chi connectivity index (χ4v) is 5.28. The Kier molecular flexibility index (Phi) is 3.69. The number of aryl methyl sites for hydroxylation is 2. The summed E-state index contributed by atoms with van der Waals surface area (Å²) in [6.07, 6.45) is 1.83. The highest BCUT2D eigenvalue weighted by atomic mass is 32.2. The van der Waals surface area contributed by atoms with Crippen molar-refractivity contribution in [2.75, 3.05) is 6.54 Å². The van der Waals surface area contributed by atoms with Gasteiger partial charge in [0.15, 0.2) is 5.17 Å². The molecule has 0 aliphatic carbocycles. The molecule has 2 aliphatic rings. The highest BCUT2D eigenvalue weighted by molar-refractivity contribution is 8.14. The molecule has 0 bridgehead atoms. The molecule has 2 aromatic heterocycles. The van der Waals surface area contributed by atoms with Gasteiger partial charge in [-0.1, -0.05) is 30.8 Å².